The summed E-state index contributed by atoms with van der Waals surface area (Å²) in [4.78, 5) is 36.7. The van der Waals surface area contributed by atoms with Gasteiger partial charge in [-0.25, -0.2) is 9.56 Å². The molecular weight excluding hydrogens is 489 g/mol. The van der Waals surface area contributed by atoms with Gasteiger partial charge in [0.1, 0.15) is 6.10 Å². The van der Waals surface area contributed by atoms with Gasteiger partial charge in [0.25, 0.3) is 5.91 Å². The average molecular weight is 504 g/mol. The molecule has 6 atom stereocenters. The van der Waals surface area contributed by atoms with E-state index < -0.39 is 42.4 Å². The summed E-state index contributed by atoms with van der Waals surface area (Å²) in [6.45, 7) is -4.04. The summed E-state index contributed by atoms with van der Waals surface area (Å²) in [6, 6.07) is 5.96. The van der Waals surface area contributed by atoms with Crippen LogP contribution in [0.1, 0.15) is 0 Å². The van der Waals surface area contributed by atoms with Crippen molar-refractivity contribution in [2.75, 3.05) is 6.61 Å². The van der Waals surface area contributed by atoms with Gasteiger partial charge in [-0.15, -0.1) is 0 Å². The van der Waals surface area contributed by atoms with Crippen LogP contribution in [0.4, 0.5) is 0 Å². The number of carbonyl (C=O) groups excluding carboxylic acids is 1. The number of nitrogens with two attached hydrogens (primary N) is 1. The van der Waals surface area contributed by atoms with E-state index in [9.17, 15) is 19.4 Å². The lowest BCUT2D eigenvalue weighted by Gasteiger charge is -2.30. The molecule has 6 unspecified atom stereocenters. The van der Waals surface area contributed by atoms with Gasteiger partial charge < -0.3 is 20.5 Å². The first-order valence-corrected chi connectivity index (χ1v) is 13.2. The Bertz CT molecular complexity index is 1080. The number of aliphatic imine (C=N–C) groups is 3. The number of hydrogen-bond donors (Lipinski definition) is 3. The SMILES string of the molecule is NC1=NC(=O)C2N=C(Sc3ccc(Cl)cc3)N(C3OC4COP(=O)(O)SC4C3O)C2=N1. The van der Waals surface area contributed by atoms with Gasteiger partial charge in [0.2, 0.25) is 5.96 Å². The van der Waals surface area contributed by atoms with E-state index in [1.807, 2.05) is 0 Å². The minimum Gasteiger partial charge on any atom is -0.387 e. The summed E-state index contributed by atoms with van der Waals surface area (Å²) in [6.07, 6.45) is -2.84. The van der Waals surface area contributed by atoms with Gasteiger partial charge in [-0.1, -0.05) is 23.4 Å². The third kappa shape index (κ3) is 3.93. The summed E-state index contributed by atoms with van der Waals surface area (Å²) in [7, 11) is 0. The van der Waals surface area contributed by atoms with Gasteiger partial charge in [0.05, 0.1) is 18.0 Å². The van der Waals surface area contributed by atoms with Gasteiger partial charge in [-0.3, -0.25) is 14.2 Å². The molecule has 4 N–H and O–H groups in total. The number of carbonyl (C=O) groups is 1. The number of rotatable bonds is 2. The smallest absolute Gasteiger partial charge is 0.387 e. The minimum atomic E-state index is -3.89. The van der Waals surface area contributed by atoms with Crippen molar-refractivity contribution in [3.05, 3.63) is 29.3 Å². The molecule has 11 nitrogen and oxygen atoms in total. The van der Waals surface area contributed by atoms with E-state index in [4.69, 9.17) is 26.6 Å². The molecule has 2 saturated heterocycles. The van der Waals surface area contributed by atoms with Gasteiger partial charge in [0, 0.05) is 9.92 Å². The maximum atomic E-state index is 12.4. The van der Waals surface area contributed by atoms with Crippen LogP contribution in [0.2, 0.25) is 5.02 Å². The van der Waals surface area contributed by atoms with Gasteiger partial charge in [-0.05, 0) is 35.6 Å². The number of nitrogens with zero attached hydrogens (tertiary/aromatic N) is 4. The molecule has 4 aliphatic rings. The summed E-state index contributed by atoms with van der Waals surface area (Å²) in [5.74, 6) is -0.631. The summed E-state index contributed by atoms with van der Waals surface area (Å²) in [5, 5.41) is 11.2. The Labute approximate surface area is 189 Å². The first kappa shape index (κ1) is 21.4. The van der Waals surface area contributed by atoms with Crippen molar-refractivity contribution in [3.8, 4) is 0 Å². The van der Waals surface area contributed by atoms with E-state index in [1.54, 1.807) is 24.3 Å². The number of guanidine groups is 1. The number of ether oxygens (including phenoxy) is 1. The van der Waals surface area contributed by atoms with Crippen LogP contribution in [0, 0.1) is 0 Å². The first-order chi connectivity index (χ1) is 14.7. The lowest BCUT2D eigenvalue weighted by molar-refractivity contribution is -0.117. The van der Waals surface area contributed by atoms with Crippen molar-refractivity contribution in [1.29, 1.82) is 0 Å². The largest absolute Gasteiger partial charge is 0.387 e. The number of amidine groups is 2. The summed E-state index contributed by atoms with van der Waals surface area (Å²) < 4.78 is 22.9. The third-order valence-electron chi connectivity index (χ3n) is 4.87. The zero-order valence-electron chi connectivity index (χ0n) is 15.4. The lowest BCUT2D eigenvalue weighted by atomic mass is 10.1. The Morgan fingerprint density at radius 2 is 2.06 bits per heavy atom. The highest BCUT2D eigenvalue weighted by Crippen LogP contribution is 2.63. The zero-order valence-corrected chi connectivity index (χ0v) is 18.7. The molecule has 4 aliphatic heterocycles. The molecular formula is C16H15ClN5O6PS2. The topological polar surface area (TPSA) is 159 Å². The molecule has 0 aromatic heterocycles. The highest BCUT2D eigenvalue weighted by atomic mass is 35.5. The predicted molar refractivity (Wildman–Crippen MR) is 116 cm³/mol. The summed E-state index contributed by atoms with van der Waals surface area (Å²) >= 11 is 7.81. The molecule has 0 saturated carbocycles. The molecule has 31 heavy (non-hydrogen) atoms. The molecule has 2 fully saturated rings. The molecule has 164 valence electrons. The first-order valence-electron chi connectivity index (χ1n) is 8.98. The molecule has 0 aliphatic carbocycles. The molecule has 0 bridgehead atoms. The number of aliphatic hydroxyl groups excluding tert-OH is 1. The molecule has 0 spiro atoms. The number of thioether (sulfide) groups is 1. The van der Waals surface area contributed by atoms with Crippen LogP contribution in [0.15, 0.2) is 44.1 Å². The number of aliphatic hydroxyl groups is 1. The van der Waals surface area contributed by atoms with Crippen molar-refractivity contribution < 1.29 is 28.6 Å². The number of halogens is 1. The van der Waals surface area contributed by atoms with Crippen molar-refractivity contribution in [2.24, 2.45) is 20.7 Å². The van der Waals surface area contributed by atoms with Crippen molar-refractivity contribution in [1.82, 2.24) is 4.90 Å². The average Bonchev–Trinajstić information content (AvgIpc) is 3.20. The standard InChI is InChI=1S/C16H15ClN5O6PS2/c17-6-1-3-7(4-2-6)30-16-19-9-12(20-15(18)21-13(9)24)22(16)14-10(23)11-8(28-14)5-27-29(25,26)31-11/h1-4,8-11,14,23H,5H2,(H,25,26)(H2,18,21,24). The van der Waals surface area contributed by atoms with Crippen molar-refractivity contribution in [2.45, 2.75) is 34.6 Å². The molecule has 1 aromatic carbocycles. The molecule has 15 heteroatoms. The van der Waals surface area contributed by atoms with Crippen LogP contribution in [0.3, 0.4) is 0 Å². The Hall–Kier alpha value is -1.44. The zero-order chi connectivity index (χ0) is 21.9. The fourth-order valence-corrected chi connectivity index (χ4v) is 7.90. The second-order valence-electron chi connectivity index (χ2n) is 6.91. The predicted octanol–water partition coefficient (Wildman–Crippen LogP) is 1.04. The Morgan fingerprint density at radius 3 is 2.81 bits per heavy atom. The van der Waals surface area contributed by atoms with Crippen molar-refractivity contribution in [3.63, 3.8) is 0 Å². The van der Waals surface area contributed by atoms with Gasteiger partial charge >= 0.3 is 6.80 Å². The quantitative estimate of drug-likeness (QED) is 0.497. The van der Waals surface area contributed by atoms with Crippen LogP contribution >= 0.6 is 41.5 Å². The van der Waals surface area contributed by atoms with Crippen LogP contribution in [0.25, 0.3) is 0 Å². The van der Waals surface area contributed by atoms with E-state index in [-0.39, 0.29) is 18.4 Å². The van der Waals surface area contributed by atoms with Crippen LogP contribution < -0.4 is 5.73 Å². The number of hydrogen-bond acceptors (Lipinski definition) is 11. The fraction of sp³-hybridized carbons (Fsp3) is 0.375. The molecule has 5 rings (SSSR count). The minimum absolute atomic E-state index is 0.151. The monoisotopic (exact) mass is 503 g/mol. The van der Waals surface area contributed by atoms with E-state index in [2.05, 4.69) is 15.0 Å². The number of fused-ring (bicyclic) bond motifs is 2. The Kier molecular flexibility index (Phi) is 5.42. The Morgan fingerprint density at radius 1 is 1.32 bits per heavy atom. The van der Waals surface area contributed by atoms with E-state index in [0.717, 1.165) is 4.90 Å². The molecule has 4 heterocycles. The van der Waals surface area contributed by atoms with E-state index in [1.165, 1.54) is 16.7 Å². The second kappa shape index (κ2) is 7.85. The third-order valence-corrected chi connectivity index (χ3v) is 9.53. The van der Waals surface area contributed by atoms with Crippen molar-refractivity contribution >= 4 is 64.4 Å². The number of benzene rings is 1. The van der Waals surface area contributed by atoms with Crippen LogP contribution in [-0.4, -0.2) is 74.1 Å². The molecule has 1 aromatic rings. The second-order valence-corrected chi connectivity index (χ2v) is 12.4. The Balaban J connectivity index is 1.50. The highest BCUT2D eigenvalue weighted by Gasteiger charge is 2.56. The van der Waals surface area contributed by atoms with Crippen LogP contribution in [-0.2, 0) is 18.6 Å². The normalized spacial score (nSPS) is 37.1. The van der Waals surface area contributed by atoms with Gasteiger partial charge in [-0.2, -0.15) is 9.98 Å². The van der Waals surface area contributed by atoms with Crippen LogP contribution in [0.5, 0.6) is 0 Å². The lowest BCUT2D eigenvalue weighted by Crippen LogP contribution is -2.50. The number of amides is 1. The highest BCUT2D eigenvalue weighted by molar-refractivity contribution is 8.55. The van der Waals surface area contributed by atoms with E-state index in [0.29, 0.717) is 21.6 Å². The molecule has 0 radical (unpaired) electrons. The summed E-state index contributed by atoms with van der Waals surface area (Å²) in [5.41, 5.74) is 5.69. The maximum absolute atomic E-state index is 12.4. The van der Waals surface area contributed by atoms with E-state index >= 15 is 0 Å². The maximum Gasteiger partial charge on any atom is 0.387 e. The fourth-order valence-electron chi connectivity index (χ4n) is 3.53. The van der Waals surface area contributed by atoms with Gasteiger partial charge in [0.15, 0.2) is 23.3 Å². The molecule has 1 amide bonds.